The molecule has 0 aliphatic carbocycles. The molecule has 0 radical (unpaired) electrons. The SMILES string of the molecule is Cc1cc([N+](=O)[O-])nn1C(C)C(=O)Nc1cnn(C)c1C(=O)NCc1ccco1. The molecule has 3 heterocycles. The van der Waals surface area contributed by atoms with E-state index >= 15 is 0 Å². The first-order valence-electron chi connectivity index (χ1n) is 8.62. The fraction of sp³-hybridized carbons (Fsp3) is 0.294. The number of nitrogens with one attached hydrogen (secondary N) is 2. The first kappa shape index (κ1) is 19.8. The van der Waals surface area contributed by atoms with Gasteiger partial charge in [0, 0.05) is 7.05 Å². The third-order valence-corrected chi connectivity index (χ3v) is 4.26. The van der Waals surface area contributed by atoms with Gasteiger partial charge in [0.1, 0.15) is 17.5 Å². The van der Waals surface area contributed by atoms with Gasteiger partial charge in [-0.15, -0.1) is 0 Å². The van der Waals surface area contributed by atoms with Crippen molar-refractivity contribution < 1.29 is 18.9 Å². The number of aryl methyl sites for hydroxylation is 2. The van der Waals surface area contributed by atoms with Gasteiger partial charge in [-0.25, -0.2) is 0 Å². The van der Waals surface area contributed by atoms with Gasteiger partial charge in [0.15, 0.2) is 0 Å². The summed E-state index contributed by atoms with van der Waals surface area (Å²) in [4.78, 5) is 35.4. The van der Waals surface area contributed by atoms with Gasteiger partial charge in [-0.05, 0) is 30.9 Å². The number of rotatable bonds is 7. The third kappa shape index (κ3) is 4.15. The Kier molecular flexibility index (Phi) is 5.43. The van der Waals surface area contributed by atoms with Crippen LogP contribution in [0.2, 0.25) is 0 Å². The second kappa shape index (κ2) is 7.96. The number of hydrogen-bond acceptors (Lipinski definition) is 7. The van der Waals surface area contributed by atoms with E-state index in [4.69, 9.17) is 4.42 Å². The fourth-order valence-corrected chi connectivity index (χ4v) is 2.76. The van der Waals surface area contributed by atoms with E-state index in [0.717, 1.165) is 0 Å². The molecular weight excluding hydrogens is 382 g/mol. The molecule has 0 aromatic carbocycles. The lowest BCUT2D eigenvalue weighted by Crippen LogP contribution is -2.29. The van der Waals surface area contributed by atoms with Crippen molar-refractivity contribution in [3.63, 3.8) is 0 Å². The average molecular weight is 401 g/mol. The molecule has 0 saturated carbocycles. The monoisotopic (exact) mass is 401 g/mol. The van der Waals surface area contributed by atoms with Crippen LogP contribution in [0.3, 0.4) is 0 Å². The zero-order valence-corrected chi connectivity index (χ0v) is 15.9. The van der Waals surface area contributed by atoms with Gasteiger partial charge in [-0.2, -0.15) is 9.78 Å². The van der Waals surface area contributed by atoms with Gasteiger partial charge in [0.2, 0.25) is 0 Å². The van der Waals surface area contributed by atoms with Gasteiger partial charge >= 0.3 is 5.82 Å². The molecule has 1 atom stereocenters. The van der Waals surface area contributed by atoms with Gasteiger partial charge in [0.05, 0.1) is 41.6 Å². The highest BCUT2D eigenvalue weighted by molar-refractivity contribution is 6.03. The lowest BCUT2D eigenvalue weighted by atomic mass is 10.2. The van der Waals surface area contributed by atoms with Crippen LogP contribution in [0.15, 0.2) is 35.1 Å². The largest absolute Gasteiger partial charge is 0.467 e. The van der Waals surface area contributed by atoms with E-state index in [0.29, 0.717) is 11.5 Å². The maximum absolute atomic E-state index is 12.6. The summed E-state index contributed by atoms with van der Waals surface area (Å²) in [5.41, 5.74) is 0.822. The predicted octanol–water partition coefficient (Wildman–Crippen LogP) is 1.56. The Morgan fingerprint density at radius 1 is 1.41 bits per heavy atom. The zero-order valence-electron chi connectivity index (χ0n) is 15.9. The quantitative estimate of drug-likeness (QED) is 0.450. The van der Waals surface area contributed by atoms with E-state index in [1.54, 1.807) is 33.0 Å². The van der Waals surface area contributed by atoms with Crippen LogP contribution in [-0.2, 0) is 18.4 Å². The van der Waals surface area contributed by atoms with E-state index in [-0.39, 0.29) is 23.7 Å². The summed E-state index contributed by atoms with van der Waals surface area (Å²) in [6.07, 6.45) is 2.85. The second-order valence-corrected chi connectivity index (χ2v) is 6.30. The molecule has 2 amide bonds. The standard InChI is InChI=1S/C17H19N7O5/c1-10-7-14(24(27)28)21-23(10)11(2)16(25)20-13-9-19-22(3)15(13)17(26)18-8-12-5-4-6-29-12/h4-7,9,11H,8H2,1-3H3,(H,18,26)(H,20,25). The van der Waals surface area contributed by atoms with Crippen LogP contribution in [-0.4, -0.2) is 36.3 Å². The van der Waals surface area contributed by atoms with Crippen molar-refractivity contribution in [1.82, 2.24) is 24.9 Å². The number of carbonyl (C=O) groups is 2. The molecule has 0 bridgehead atoms. The number of amides is 2. The van der Waals surface area contributed by atoms with Gasteiger partial charge in [-0.3, -0.25) is 14.3 Å². The molecule has 0 saturated heterocycles. The van der Waals surface area contributed by atoms with E-state index in [2.05, 4.69) is 20.8 Å². The average Bonchev–Trinajstić information content (AvgIpc) is 3.40. The highest BCUT2D eigenvalue weighted by Gasteiger charge is 2.26. The van der Waals surface area contributed by atoms with Crippen molar-refractivity contribution in [2.24, 2.45) is 7.05 Å². The summed E-state index contributed by atoms with van der Waals surface area (Å²) >= 11 is 0. The van der Waals surface area contributed by atoms with Gasteiger partial charge in [0.25, 0.3) is 11.8 Å². The van der Waals surface area contributed by atoms with Crippen molar-refractivity contribution in [1.29, 1.82) is 0 Å². The molecule has 3 aromatic heterocycles. The normalized spacial score (nSPS) is 11.8. The Balaban J connectivity index is 1.74. The van der Waals surface area contributed by atoms with E-state index in [1.807, 2.05) is 0 Å². The minimum atomic E-state index is -0.845. The summed E-state index contributed by atoms with van der Waals surface area (Å²) in [6, 6.07) is 3.86. The fourth-order valence-electron chi connectivity index (χ4n) is 2.76. The molecule has 0 spiro atoms. The number of aromatic nitrogens is 4. The third-order valence-electron chi connectivity index (χ3n) is 4.26. The maximum atomic E-state index is 12.6. The maximum Gasteiger partial charge on any atom is 0.390 e. The van der Waals surface area contributed by atoms with Crippen molar-refractivity contribution in [2.75, 3.05) is 5.32 Å². The van der Waals surface area contributed by atoms with Crippen LogP contribution in [0.5, 0.6) is 0 Å². The molecule has 1 unspecified atom stereocenters. The summed E-state index contributed by atoms with van der Waals surface area (Å²) in [5.74, 6) is -0.716. The zero-order chi connectivity index (χ0) is 21.1. The van der Waals surface area contributed by atoms with Gasteiger partial charge < -0.3 is 25.2 Å². The summed E-state index contributed by atoms with van der Waals surface area (Å²) in [7, 11) is 1.57. The molecule has 12 heteroatoms. The van der Waals surface area contributed by atoms with Crippen LogP contribution in [0, 0.1) is 17.0 Å². The lowest BCUT2D eigenvalue weighted by molar-refractivity contribution is -0.389. The lowest BCUT2D eigenvalue weighted by Gasteiger charge is -2.12. The minimum absolute atomic E-state index is 0.153. The van der Waals surface area contributed by atoms with E-state index in [9.17, 15) is 19.7 Å². The first-order chi connectivity index (χ1) is 13.8. The Hall–Kier alpha value is -3.96. The molecule has 0 aliphatic rings. The highest BCUT2D eigenvalue weighted by atomic mass is 16.6. The number of nitro groups is 1. The number of carbonyl (C=O) groups excluding carboxylic acids is 2. The molecule has 0 aliphatic heterocycles. The molecule has 0 fully saturated rings. The van der Waals surface area contributed by atoms with Crippen LogP contribution in [0.4, 0.5) is 11.5 Å². The van der Waals surface area contributed by atoms with E-state index in [1.165, 1.54) is 27.9 Å². The Labute approximate surface area is 164 Å². The molecule has 12 nitrogen and oxygen atoms in total. The highest BCUT2D eigenvalue weighted by Crippen LogP contribution is 2.20. The summed E-state index contributed by atoms with van der Waals surface area (Å²) in [6.45, 7) is 3.34. The number of furan rings is 1. The molecule has 3 rings (SSSR count). The molecule has 152 valence electrons. The Morgan fingerprint density at radius 3 is 2.79 bits per heavy atom. The van der Waals surface area contributed by atoms with Crippen molar-refractivity contribution in [2.45, 2.75) is 26.4 Å². The van der Waals surface area contributed by atoms with Crippen LogP contribution in [0.25, 0.3) is 0 Å². The van der Waals surface area contributed by atoms with Crippen LogP contribution in [0.1, 0.15) is 34.9 Å². The van der Waals surface area contributed by atoms with Crippen molar-refractivity contribution in [3.05, 3.63) is 57.9 Å². The van der Waals surface area contributed by atoms with Crippen molar-refractivity contribution >= 4 is 23.3 Å². The Morgan fingerprint density at radius 2 is 2.17 bits per heavy atom. The first-order valence-corrected chi connectivity index (χ1v) is 8.62. The smallest absolute Gasteiger partial charge is 0.390 e. The van der Waals surface area contributed by atoms with Crippen LogP contribution >= 0.6 is 0 Å². The molecule has 3 aromatic rings. The van der Waals surface area contributed by atoms with Gasteiger partial charge in [-0.1, -0.05) is 0 Å². The number of anilines is 1. The van der Waals surface area contributed by atoms with E-state index < -0.39 is 22.8 Å². The Bertz CT molecular complexity index is 1050. The number of hydrogen-bond donors (Lipinski definition) is 2. The second-order valence-electron chi connectivity index (χ2n) is 6.30. The topological polar surface area (TPSA) is 150 Å². The summed E-state index contributed by atoms with van der Waals surface area (Å²) < 4.78 is 7.76. The molecule has 2 N–H and O–H groups in total. The molecular formula is C17H19N7O5. The van der Waals surface area contributed by atoms with Crippen molar-refractivity contribution in [3.8, 4) is 0 Å². The molecule has 29 heavy (non-hydrogen) atoms. The number of nitrogens with zero attached hydrogens (tertiary/aromatic N) is 5. The van der Waals surface area contributed by atoms with Crippen LogP contribution < -0.4 is 10.6 Å². The summed E-state index contributed by atoms with van der Waals surface area (Å²) in [5, 5.41) is 24.1. The minimum Gasteiger partial charge on any atom is -0.467 e. The predicted molar refractivity (Wildman–Crippen MR) is 100 cm³/mol.